The average molecular weight is 589 g/mol. The highest BCUT2D eigenvalue weighted by Crippen LogP contribution is 2.49. The standard InChI is InChI=1S/C34H22Cl2N4O2/c1-3-39-21-11-7-5-9-17(21)25-23(39)15-13-19-31(25)41-33-27(35)30-34(28(36)29(33)37-19)42-32-20(38-30)14-16-24-26(32)18-10-6-8-12-22(18)40(24)4-2/h5-16H,3-4H2,1-2H3. The molecule has 0 saturated heterocycles. The van der Waals surface area contributed by atoms with Crippen molar-refractivity contribution >= 4 is 78.2 Å². The Hall–Kier alpha value is -4.52. The van der Waals surface area contributed by atoms with E-state index in [1.165, 1.54) is 0 Å². The van der Waals surface area contributed by atoms with E-state index in [4.69, 9.17) is 42.7 Å². The quantitative estimate of drug-likeness (QED) is 0.202. The molecule has 0 atom stereocenters. The molecule has 0 spiro atoms. The first-order chi connectivity index (χ1) is 20.6. The first-order valence-corrected chi connectivity index (χ1v) is 14.8. The monoisotopic (exact) mass is 588 g/mol. The lowest BCUT2D eigenvalue weighted by Crippen LogP contribution is -2.22. The maximum absolute atomic E-state index is 7.06. The first kappa shape index (κ1) is 24.1. The Kier molecular flexibility index (Phi) is 4.88. The molecule has 0 aliphatic carbocycles. The molecule has 7 aromatic rings. The zero-order valence-corrected chi connectivity index (χ0v) is 24.2. The molecule has 0 radical (unpaired) electrons. The molecule has 2 aromatic heterocycles. The number of aromatic nitrogens is 2. The van der Waals surface area contributed by atoms with Crippen LogP contribution in [0.2, 0.25) is 10.0 Å². The fraction of sp³-hybridized carbons (Fsp3) is 0.118. The predicted octanol–water partition coefficient (Wildman–Crippen LogP) is 9.36. The Labute approximate surface area is 249 Å². The fourth-order valence-corrected chi connectivity index (χ4v) is 7.22. The summed E-state index contributed by atoms with van der Waals surface area (Å²) >= 11 is 14.1. The molecule has 8 heteroatoms. The van der Waals surface area contributed by atoms with E-state index >= 15 is 0 Å². The molecule has 6 nitrogen and oxygen atoms in total. The number of rotatable bonds is 2. The van der Waals surface area contributed by atoms with Crippen LogP contribution < -0.4 is 20.2 Å². The van der Waals surface area contributed by atoms with Crippen molar-refractivity contribution in [2.45, 2.75) is 26.9 Å². The molecule has 0 fully saturated rings. The third-order valence-electron chi connectivity index (χ3n) is 8.49. The molecule has 0 saturated carbocycles. The van der Waals surface area contributed by atoms with Gasteiger partial charge < -0.3 is 18.6 Å². The van der Waals surface area contributed by atoms with E-state index in [9.17, 15) is 0 Å². The Morgan fingerprint density at radius 2 is 0.976 bits per heavy atom. The Morgan fingerprint density at radius 3 is 1.40 bits per heavy atom. The summed E-state index contributed by atoms with van der Waals surface area (Å²) in [7, 11) is 0. The van der Waals surface area contributed by atoms with Gasteiger partial charge in [-0.3, -0.25) is 0 Å². The molecule has 0 bridgehead atoms. The second kappa shape index (κ2) is 8.51. The number of para-hydroxylation sites is 2. The van der Waals surface area contributed by atoms with Crippen molar-refractivity contribution in [2.75, 3.05) is 0 Å². The van der Waals surface area contributed by atoms with Crippen LogP contribution in [0.3, 0.4) is 0 Å². The van der Waals surface area contributed by atoms with Crippen molar-refractivity contribution in [3.8, 4) is 23.0 Å². The minimum Gasteiger partial charge on any atom is -0.450 e. The molecule has 0 amide bonds. The third-order valence-corrected chi connectivity index (χ3v) is 9.19. The second-order valence-electron chi connectivity index (χ2n) is 10.5. The largest absolute Gasteiger partial charge is 0.450 e. The number of halogens is 2. The van der Waals surface area contributed by atoms with E-state index in [0.717, 1.165) is 56.7 Å². The Morgan fingerprint density at radius 1 is 0.548 bits per heavy atom. The molecule has 2 aliphatic rings. The number of hydrogen-bond donors (Lipinski definition) is 0. The molecule has 42 heavy (non-hydrogen) atoms. The summed E-state index contributed by atoms with van der Waals surface area (Å²) in [5.41, 5.74) is 5.81. The summed E-state index contributed by atoms with van der Waals surface area (Å²) in [6.45, 7) is 5.94. The van der Waals surface area contributed by atoms with Crippen molar-refractivity contribution < 1.29 is 9.47 Å². The number of aryl methyl sites for hydroxylation is 2. The molecule has 0 unspecified atom stereocenters. The first-order valence-electron chi connectivity index (χ1n) is 14.0. The molecule has 204 valence electrons. The van der Waals surface area contributed by atoms with Crippen LogP contribution in [0.15, 0.2) is 82.8 Å². The van der Waals surface area contributed by atoms with E-state index in [-0.39, 0.29) is 0 Å². The maximum atomic E-state index is 7.06. The van der Waals surface area contributed by atoms with Gasteiger partial charge in [-0.15, -0.1) is 0 Å². The van der Waals surface area contributed by atoms with Crippen LogP contribution in [0.5, 0.6) is 23.0 Å². The van der Waals surface area contributed by atoms with E-state index in [2.05, 4.69) is 71.5 Å². The summed E-state index contributed by atoms with van der Waals surface area (Å²) in [5.74, 6) is 2.08. The highest BCUT2D eigenvalue weighted by atomic mass is 35.5. The number of hydrogen-bond acceptors (Lipinski definition) is 4. The summed E-state index contributed by atoms with van der Waals surface area (Å²) in [6.07, 6.45) is 0. The third kappa shape index (κ3) is 2.95. The van der Waals surface area contributed by atoms with Crippen molar-refractivity contribution in [1.82, 2.24) is 9.13 Å². The topological polar surface area (TPSA) is 53.0 Å². The van der Waals surface area contributed by atoms with Crippen molar-refractivity contribution in [3.05, 3.63) is 93.6 Å². The molecule has 0 N–H and O–H groups in total. The van der Waals surface area contributed by atoms with Gasteiger partial charge in [0.15, 0.2) is 23.0 Å². The minimum atomic E-state index is 0.316. The van der Waals surface area contributed by atoms with Gasteiger partial charge in [0.1, 0.15) is 32.1 Å². The minimum absolute atomic E-state index is 0.316. The Bertz CT molecular complexity index is 2300. The van der Waals surface area contributed by atoms with Gasteiger partial charge in [-0.2, -0.15) is 0 Å². The lowest BCUT2D eigenvalue weighted by molar-refractivity contribution is 0.457. The lowest BCUT2D eigenvalue weighted by Gasteiger charge is -2.22. The fourth-order valence-electron chi connectivity index (χ4n) is 6.71. The predicted molar refractivity (Wildman–Crippen MR) is 168 cm³/mol. The van der Waals surface area contributed by atoms with Crippen molar-refractivity contribution in [1.29, 1.82) is 0 Å². The van der Waals surface area contributed by atoms with Gasteiger partial charge in [0.05, 0.1) is 21.8 Å². The molecule has 2 aliphatic heterocycles. The highest BCUT2D eigenvalue weighted by Gasteiger charge is 2.30. The van der Waals surface area contributed by atoms with Gasteiger partial charge in [-0.25, -0.2) is 9.98 Å². The molecule has 5 aromatic carbocycles. The summed E-state index contributed by atoms with van der Waals surface area (Å²) in [6, 6.07) is 24.8. The Balaban J connectivity index is 1.31. The van der Waals surface area contributed by atoms with Gasteiger partial charge in [0, 0.05) is 34.9 Å². The lowest BCUT2D eigenvalue weighted by atomic mass is 10.1. The summed E-state index contributed by atoms with van der Waals surface area (Å²) in [5, 5.41) is 5.70. The van der Waals surface area contributed by atoms with E-state index < -0.39 is 0 Å². The number of ether oxygens (including phenoxy) is 2. The molecular formula is C34H22Cl2N4O2. The SMILES string of the molecule is CCn1c2ccccc2c2c3c(ccc21)N=c1c(Cl)c2c(c(Cl)c1O3)=Nc1ccc3c(c1O2)c1ccccc1n3CC. The summed E-state index contributed by atoms with van der Waals surface area (Å²) in [4.78, 5) is 9.96. The van der Waals surface area contributed by atoms with Crippen LogP contribution in [-0.2, 0) is 13.1 Å². The van der Waals surface area contributed by atoms with Crippen LogP contribution in [0.4, 0.5) is 11.4 Å². The van der Waals surface area contributed by atoms with E-state index in [1.807, 2.05) is 24.3 Å². The zero-order valence-electron chi connectivity index (χ0n) is 22.7. The smallest absolute Gasteiger partial charge is 0.175 e. The molecule has 9 rings (SSSR count). The highest BCUT2D eigenvalue weighted by molar-refractivity contribution is 6.35. The van der Waals surface area contributed by atoms with Crippen LogP contribution in [0.1, 0.15) is 13.8 Å². The van der Waals surface area contributed by atoms with Gasteiger partial charge >= 0.3 is 0 Å². The normalized spacial score (nSPS) is 13.2. The van der Waals surface area contributed by atoms with Gasteiger partial charge in [-0.05, 0) is 50.2 Å². The van der Waals surface area contributed by atoms with E-state index in [0.29, 0.717) is 55.1 Å². The molecular weight excluding hydrogens is 567 g/mol. The maximum Gasteiger partial charge on any atom is 0.175 e. The van der Waals surface area contributed by atoms with E-state index in [1.54, 1.807) is 0 Å². The number of fused-ring (bicyclic) bond motifs is 12. The van der Waals surface area contributed by atoms with Crippen LogP contribution in [0, 0.1) is 0 Å². The summed E-state index contributed by atoms with van der Waals surface area (Å²) < 4.78 is 17.8. The average Bonchev–Trinajstić information content (AvgIpc) is 3.54. The second-order valence-corrected chi connectivity index (χ2v) is 11.3. The van der Waals surface area contributed by atoms with Gasteiger partial charge in [-0.1, -0.05) is 59.6 Å². The number of benzene rings is 5. The van der Waals surface area contributed by atoms with Crippen molar-refractivity contribution in [2.24, 2.45) is 9.98 Å². The van der Waals surface area contributed by atoms with Crippen molar-refractivity contribution in [3.63, 3.8) is 0 Å². The van der Waals surface area contributed by atoms with Crippen LogP contribution in [0.25, 0.3) is 43.6 Å². The zero-order chi connectivity index (χ0) is 28.3. The van der Waals surface area contributed by atoms with Gasteiger partial charge in [0.2, 0.25) is 0 Å². The van der Waals surface area contributed by atoms with Crippen LogP contribution in [-0.4, -0.2) is 9.13 Å². The van der Waals surface area contributed by atoms with Gasteiger partial charge in [0.25, 0.3) is 0 Å². The van der Waals surface area contributed by atoms with Crippen LogP contribution >= 0.6 is 23.2 Å². The molecule has 4 heterocycles. The number of nitrogens with zero attached hydrogens (tertiary/aromatic N) is 4.